The largest absolute Gasteiger partial charge is 0.388 e. The van der Waals surface area contributed by atoms with E-state index in [0.29, 0.717) is 0 Å². The Morgan fingerprint density at radius 2 is 2.17 bits per heavy atom. The first-order valence-corrected chi connectivity index (χ1v) is 7.21. The Morgan fingerprint density at radius 1 is 1.33 bits per heavy atom. The van der Waals surface area contributed by atoms with Crippen LogP contribution in [0.25, 0.3) is 0 Å². The molecule has 0 amide bonds. The summed E-state index contributed by atoms with van der Waals surface area (Å²) in [5.74, 6) is 0.273. The van der Waals surface area contributed by atoms with Gasteiger partial charge < -0.3 is 9.84 Å². The monoisotopic (exact) mass is 246 g/mol. The molecule has 1 heterocycles. The number of ether oxygens (including phenoxy) is 1. The van der Waals surface area contributed by atoms with Crippen LogP contribution in [0.3, 0.4) is 0 Å². The fourth-order valence-corrected chi connectivity index (χ4v) is 3.47. The van der Waals surface area contributed by atoms with Crippen molar-refractivity contribution in [1.82, 2.24) is 0 Å². The van der Waals surface area contributed by atoms with Gasteiger partial charge in [-0.15, -0.1) is 0 Å². The number of aryl methyl sites for hydroxylation is 2. The number of rotatable bonds is 3. The van der Waals surface area contributed by atoms with Gasteiger partial charge in [-0.2, -0.15) is 0 Å². The first-order chi connectivity index (χ1) is 8.79. The van der Waals surface area contributed by atoms with E-state index in [1.54, 1.807) is 0 Å². The third kappa shape index (κ3) is 2.08. The Kier molecular flexibility index (Phi) is 3.40. The number of aliphatic hydroxyl groups is 1. The molecule has 0 saturated carbocycles. The van der Waals surface area contributed by atoms with Crippen LogP contribution >= 0.6 is 0 Å². The van der Waals surface area contributed by atoms with Gasteiger partial charge in [0.1, 0.15) is 0 Å². The number of benzene rings is 1. The summed E-state index contributed by atoms with van der Waals surface area (Å²) < 4.78 is 5.69. The van der Waals surface area contributed by atoms with E-state index in [4.69, 9.17) is 4.74 Å². The molecular weight excluding hydrogens is 224 g/mol. The van der Waals surface area contributed by atoms with E-state index >= 15 is 0 Å². The van der Waals surface area contributed by atoms with Crippen molar-refractivity contribution in [3.05, 3.63) is 34.9 Å². The molecule has 3 rings (SSSR count). The summed E-state index contributed by atoms with van der Waals surface area (Å²) in [6.07, 6.45) is 5.49. The maximum Gasteiger partial charge on any atom is 0.0843 e. The van der Waals surface area contributed by atoms with Gasteiger partial charge in [-0.3, -0.25) is 0 Å². The fraction of sp³-hybridized carbons (Fsp3) is 0.625. The van der Waals surface area contributed by atoms with Gasteiger partial charge >= 0.3 is 0 Å². The average Bonchev–Trinajstić information content (AvgIpc) is 3.05. The topological polar surface area (TPSA) is 29.5 Å². The van der Waals surface area contributed by atoms with Crippen molar-refractivity contribution in [2.24, 2.45) is 5.92 Å². The van der Waals surface area contributed by atoms with Crippen LogP contribution in [0, 0.1) is 5.92 Å². The molecular formula is C16H22O2. The second-order valence-corrected chi connectivity index (χ2v) is 5.60. The van der Waals surface area contributed by atoms with Gasteiger partial charge in [-0.1, -0.05) is 25.1 Å². The van der Waals surface area contributed by atoms with Gasteiger partial charge in [-0.05, 0) is 48.8 Å². The van der Waals surface area contributed by atoms with Crippen molar-refractivity contribution in [3.8, 4) is 0 Å². The highest BCUT2D eigenvalue weighted by atomic mass is 16.5. The highest BCUT2D eigenvalue weighted by molar-refractivity contribution is 5.36. The van der Waals surface area contributed by atoms with E-state index in [-0.39, 0.29) is 18.1 Å². The average molecular weight is 246 g/mol. The van der Waals surface area contributed by atoms with E-state index in [0.717, 1.165) is 25.0 Å². The molecule has 2 nitrogen and oxygen atoms in total. The van der Waals surface area contributed by atoms with E-state index in [1.165, 1.54) is 30.4 Å². The molecule has 1 N–H and O–H groups in total. The molecule has 1 aromatic rings. The minimum absolute atomic E-state index is 0.230. The molecule has 0 bridgehead atoms. The Labute approximate surface area is 109 Å². The molecule has 3 atom stereocenters. The summed E-state index contributed by atoms with van der Waals surface area (Å²) >= 11 is 0. The predicted molar refractivity (Wildman–Crippen MR) is 71.6 cm³/mol. The highest BCUT2D eigenvalue weighted by Crippen LogP contribution is 2.36. The quantitative estimate of drug-likeness (QED) is 0.888. The summed E-state index contributed by atoms with van der Waals surface area (Å²) in [4.78, 5) is 0. The Bertz CT molecular complexity index is 427. The first-order valence-electron chi connectivity index (χ1n) is 7.21. The Morgan fingerprint density at radius 3 is 3.00 bits per heavy atom. The van der Waals surface area contributed by atoms with Crippen LogP contribution < -0.4 is 0 Å². The minimum Gasteiger partial charge on any atom is -0.388 e. The molecule has 0 spiro atoms. The van der Waals surface area contributed by atoms with Crippen LogP contribution in [0.4, 0.5) is 0 Å². The van der Waals surface area contributed by atoms with Crippen LogP contribution in [0.1, 0.15) is 49.0 Å². The van der Waals surface area contributed by atoms with Gasteiger partial charge in [0.25, 0.3) is 0 Å². The van der Waals surface area contributed by atoms with Crippen molar-refractivity contribution >= 4 is 0 Å². The Hall–Kier alpha value is -0.860. The standard InChI is InChI=1S/C16H22O2/c1-2-15-14(8-9-18-15)16(17)13-7-6-11-4-3-5-12(11)10-13/h6-7,10,14-17H,2-5,8-9H2,1H3. The number of hydrogen-bond acceptors (Lipinski definition) is 2. The number of fused-ring (bicyclic) bond motifs is 1. The summed E-state index contributed by atoms with van der Waals surface area (Å²) in [6.45, 7) is 2.93. The van der Waals surface area contributed by atoms with E-state index in [9.17, 15) is 5.11 Å². The van der Waals surface area contributed by atoms with Crippen LogP contribution in [0.2, 0.25) is 0 Å². The molecule has 1 aliphatic carbocycles. The van der Waals surface area contributed by atoms with Gasteiger partial charge in [0, 0.05) is 12.5 Å². The normalized spacial score (nSPS) is 28.3. The fourth-order valence-electron chi connectivity index (χ4n) is 3.47. The lowest BCUT2D eigenvalue weighted by atomic mass is 9.88. The van der Waals surface area contributed by atoms with Crippen LogP contribution in [-0.4, -0.2) is 17.8 Å². The minimum atomic E-state index is -0.358. The molecule has 2 heteroatoms. The molecule has 1 saturated heterocycles. The smallest absolute Gasteiger partial charge is 0.0843 e. The van der Waals surface area contributed by atoms with E-state index < -0.39 is 0 Å². The number of aliphatic hydroxyl groups excluding tert-OH is 1. The van der Waals surface area contributed by atoms with Crippen molar-refractivity contribution in [2.75, 3.05) is 6.61 Å². The maximum absolute atomic E-state index is 10.6. The Balaban J connectivity index is 1.81. The van der Waals surface area contributed by atoms with Crippen molar-refractivity contribution in [3.63, 3.8) is 0 Å². The van der Waals surface area contributed by atoms with Crippen LogP contribution in [-0.2, 0) is 17.6 Å². The molecule has 3 unspecified atom stereocenters. The maximum atomic E-state index is 10.6. The summed E-state index contributed by atoms with van der Waals surface area (Å²) in [5.41, 5.74) is 4.00. The van der Waals surface area contributed by atoms with E-state index in [1.807, 2.05) is 0 Å². The summed E-state index contributed by atoms with van der Waals surface area (Å²) in [7, 11) is 0. The molecule has 1 aromatic carbocycles. The number of hydrogen-bond donors (Lipinski definition) is 1. The lowest BCUT2D eigenvalue weighted by Crippen LogP contribution is -2.22. The molecule has 18 heavy (non-hydrogen) atoms. The molecule has 0 radical (unpaired) electrons. The third-order valence-corrected chi connectivity index (χ3v) is 4.53. The zero-order chi connectivity index (χ0) is 12.5. The molecule has 2 aliphatic rings. The second kappa shape index (κ2) is 5.02. The van der Waals surface area contributed by atoms with Gasteiger partial charge in [0.05, 0.1) is 12.2 Å². The molecule has 0 aromatic heterocycles. The SMILES string of the molecule is CCC1OCCC1C(O)c1ccc2c(c1)CCC2. The van der Waals surface area contributed by atoms with Gasteiger partial charge in [0.2, 0.25) is 0 Å². The molecule has 1 fully saturated rings. The van der Waals surface area contributed by atoms with Crippen LogP contribution in [0.5, 0.6) is 0 Å². The van der Waals surface area contributed by atoms with Crippen molar-refractivity contribution < 1.29 is 9.84 Å². The van der Waals surface area contributed by atoms with Gasteiger partial charge in [-0.25, -0.2) is 0 Å². The van der Waals surface area contributed by atoms with Crippen molar-refractivity contribution in [2.45, 2.75) is 51.2 Å². The lowest BCUT2D eigenvalue weighted by Gasteiger charge is -2.23. The lowest BCUT2D eigenvalue weighted by molar-refractivity contribution is 0.0307. The molecule has 98 valence electrons. The van der Waals surface area contributed by atoms with Gasteiger partial charge in [0.15, 0.2) is 0 Å². The van der Waals surface area contributed by atoms with Crippen LogP contribution in [0.15, 0.2) is 18.2 Å². The molecule has 1 aliphatic heterocycles. The highest BCUT2D eigenvalue weighted by Gasteiger charge is 2.33. The summed E-state index contributed by atoms with van der Waals surface area (Å²) in [6, 6.07) is 6.54. The zero-order valence-corrected chi connectivity index (χ0v) is 11.1. The zero-order valence-electron chi connectivity index (χ0n) is 11.1. The van der Waals surface area contributed by atoms with E-state index in [2.05, 4.69) is 25.1 Å². The first kappa shape index (κ1) is 12.2. The predicted octanol–water partition coefficient (Wildman–Crippen LogP) is 3.02. The third-order valence-electron chi connectivity index (χ3n) is 4.53. The van der Waals surface area contributed by atoms with Crippen molar-refractivity contribution in [1.29, 1.82) is 0 Å². The second-order valence-electron chi connectivity index (χ2n) is 5.60. The summed E-state index contributed by atoms with van der Waals surface area (Å²) in [5, 5.41) is 10.6.